The van der Waals surface area contributed by atoms with Crippen molar-refractivity contribution in [2.45, 2.75) is 59.2 Å². The summed E-state index contributed by atoms with van der Waals surface area (Å²) in [6.45, 7) is 13.0. The molecule has 2 heterocycles. The Bertz CT molecular complexity index is 1220. The van der Waals surface area contributed by atoms with Gasteiger partial charge in [-0.1, -0.05) is 43.3 Å². The van der Waals surface area contributed by atoms with Crippen molar-refractivity contribution in [2.75, 3.05) is 19.6 Å². The van der Waals surface area contributed by atoms with Gasteiger partial charge in [-0.05, 0) is 74.9 Å². The van der Waals surface area contributed by atoms with Crippen LogP contribution in [0.3, 0.4) is 0 Å². The molecule has 1 aliphatic heterocycles. The van der Waals surface area contributed by atoms with Crippen LogP contribution < -0.4 is 5.56 Å². The number of likely N-dealkylation sites (tertiary alicyclic amines) is 1. The summed E-state index contributed by atoms with van der Waals surface area (Å²) >= 11 is 0. The van der Waals surface area contributed by atoms with Crippen molar-refractivity contribution in [3.05, 3.63) is 70.0 Å². The van der Waals surface area contributed by atoms with Crippen LogP contribution in [0.25, 0.3) is 22.0 Å². The average Bonchev–Trinajstić information content (AvgIpc) is 3.28. The Balaban J connectivity index is 1.45. The van der Waals surface area contributed by atoms with Crippen LogP contribution in [0.1, 0.15) is 45.2 Å². The highest BCUT2D eigenvalue weighted by molar-refractivity contribution is 5.87. The number of likely N-dealkylation sites (N-methyl/N-ethyl adjacent to an activating group) is 1. The first kappa shape index (κ1) is 24.0. The summed E-state index contributed by atoms with van der Waals surface area (Å²) in [6.07, 6.45) is 0.720. The second-order valence-corrected chi connectivity index (χ2v) is 10.2. The number of nitrogens with zero attached hydrogens (tertiary/aromatic N) is 2. The molecule has 4 rings (SSSR count). The van der Waals surface area contributed by atoms with E-state index in [2.05, 4.69) is 47.1 Å². The number of carbonyl (C=O) groups excluding carboxylic acids is 1. The molecule has 1 N–H and O–H groups in total. The third-order valence-electron chi connectivity index (χ3n) is 6.49. The molecule has 180 valence electrons. The van der Waals surface area contributed by atoms with Gasteiger partial charge in [-0.2, -0.15) is 0 Å². The van der Waals surface area contributed by atoms with Gasteiger partial charge in [0.2, 0.25) is 0 Å². The van der Waals surface area contributed by atoms with E-state index in [1.54, 1.807) is 0 Å². The molecule has 6 nitrogen and oxygen atoms in total. The number of nitrogens with one attached hydrogen (secondary N) is 1. The maximum absolute atomic E-state index is 12.6. The lowest BCUT2D eigenvalue weighted by Gasteiger charge is -2.28. The number of rotatable bonds is 5. The van der Waals surface area contributed by atoms with E-state index in [9.17, 15) is 9.59 Å². The third kappa shape index (κ3) is 5.33. The van der Waals surface area contributed by atoms with Crippen LogP contribution in [-0.2, 0) is 11.3 Å². The zero-order chi connectivity index (χ0) is 24.5. The molecule has 1 aromatic heterocycles. The molecule has 0 radical (unpaired) electrons. The van der Waals surface area contributed by atoms with Gasteiger partial charge >= 0.3 is 6.09 Å². The lowest BCUT2D eigenvalue weighted by atomic mass is 10.0. The Morgan fingerprint density at radius 3 is 2.56 bits per heavy atom. The van der Waals surface area contributed by atoms with Crippen molar-refractivity contribution in [1.82, 2.24) is 14.8 Å². The normalized spacial score (nSPS) is 16.4. The number of ether oxygens (including phenoxy) is 1. The molecule has 0 saturated carbocycles. The van der Waals surface area contributed by atoms with Gasteiger partial charge in [0.15, 0.2) is 0 Å². The van der Waals surface area contributed by atoms with E-state index in [0.717, 1.165) is 53.6 Å². The molecule has 34 heavy (non-hydrogen) atoms. The number of H-pyrrole nitrogens is 1. The van der Waals surface area contributed by atoms with Crippen molar-refractivity contribution < 1.29 is 9.53 Å². The summed E-state index contributed by atoms with van der Waals surface area (Å²) in [5.74, 6) is 0. The van der Waals surface area contributed by atoms with E-state index >= 15 is 0 Å². The van der Waals surface area contributed by atoms with Gasteiger partial charge in [-0.15, -0.1) is 0 Å². The summed E-state index contributed by atoms with van der Waals surface area (Å²) in [4.78, 5) is 32.3. The van der Waals surface area contributed by atoms with E-state index in [0.29, 0.717) is 12.6 Å². The van der Waals surface area contributed by atoms with Crippen LogP contribution in [0.4, 0.5) is 4.79 Å². The summed E-state index contributed by atoms with van der Waals surface area (Å²) < 4.78 is 5.54. The largest absolute Gasteiger partial charge is 0.444 e. The van der Waals surface area contributed by atoms with E-state index in [4.69, 9.17) is 4.74 Å². The van der Waals surface area contributed by atoms with Crippen molar-refractivity contribution in [3.8, 4) is 11.3 Å². The summed E-state index contributed by atoms with van der Waals surface area (Å²) in [5, 5.41) is 1.70. The van der Waals surface area contributed by atoms with Crippen LogP contribution in [0.15, 0.2) is 53.3 Å². The Kier molecular flexibility index (Phi) is 6.80. The Morgan fingerprint density at radius 2 is 1.88 bits per heavy atom. The first-order valence-electron chi connectivity index (χ1n) is 12.1. The minimum absolute atomic E-state index is 0.0618. The number of hydrogen-bond donors (Lipinski definition) is 1. The number of hydrogen-bond acceptors (Lipinski definition) is 4. The highest BCUT2D eigenvalue weighted by atomic mass is 16.6. The van der Waals surface area contributed by atoms with Crippen molar-refractivity contribution >= 4 is 16.9 Å². The number of pyridine rings is 1. The first-order valence-corrected chi connectivity index (χ1v) is 12.1. The monoisotopic (exact) mass is 461 g/mol. The summed E-state index contributed by atoms with van der Waals surface area (Å²) in [7, 11) is 0. The third-order valence-corrected chi connectivity index (χ3v) is 6.49. The van der Waals surface area contributed by atoms with E-state index in [1.165, 1.54) is 5.56 Å². The Morgan fingerprint density at radius 1 is 1.15 bits per heavy atom. The van der Waals surface area contributed by atoms with Crippen molar-refractivity contribution in [3.63, 3.8) is 0 Å². The van der Waals surface area contributed by atoms with Crippen molar-refractivity contribution in [1.29, 1.82) is 0 Å². The van der Waals surface area contributed by atoms with E-state index in [-0.39, 0.29) is 11.7 Å². The number of aryl methyl sites for hydroxylation is 1. The molecule has 1 fully saturated rings. The number of aromatic amines is 1. The van der Waals surface area contributed by atoms with Gasteiger partial charge in [0, 0.05) is 36.8 Å². The molecule has 1 saturated heterocycles. The fraction of sp³-hybridized carbons (Fsp3) is 0.429. The molecule has 0 spiro atoms. The molecule has 6 heteroatoms. The van der Waals surface area contributed by atoms with Crippen LogP contribution >= 0.6 is 0 Å². The van der Waals surface area contributed by atoms with Crippen LogP contribution in [0.2, 0.25) is 0 Å². The van der Waals surface area contributed by atoms with Gasteiger partial charge in [-0.3, -0.25) is 9.69 Å². The number of fused-ring (bicyclic) bond motifs is 1. The molecule has 1 atom stereocenters. The number of benzene rings is 2. The first-order chi connectivity index (χ1) is 16.1. The van der Waals surface area contributed by atoms with Crippen LogP contribution in [-0.4, -0.2) is 52.2 Å². The van der Waals surface area contributed by atoms with E-state index < -0.39 is 5.60 Å². The summed E-state index contributed by atoms with van der Waals surface area (Å²) in [6, 6.07) is 16.6. The fourth-order valence-electron chi connectivity index (χ4n) is 4.65. The van der Waals surface area contributed by atoms with Gasteiger partial charge in [-0.25, -0.2) is 4.79 Å². The maximum atomic E-state index is 12.6. The molecule has 0 aliphatic carbocycles. The fourth-order valence-corrected chi connectivity index (χ4v) is 4.65. The molecular weight excluding hydrogens is 426 g/mol. The lowest BCUT2D eigenvalue weighted by molar-refractivity contribution is 0.0279. The molecule has 2 aromatic carbocycles. The van der Waals surface area contributed by atoms with Gasteiger partial charge in [0.05, 0.1) is 0 Å². The van der Waals surface area contributed by atoms with Crippen LogP contribution in [0, 0.1) is 6.92 Å². The molecular formula is C28H35N3O3. The standard InChI is InChI=1S/C28H35N3O3/c1-6-30(22-14-15-31(18-22)27(33)34-28(3,4)5)17-20-10-12-21(13-11-20)25-16-24-19(2)8-7-9-23(24)26(32)29-25/h7-13,16,22H,6,14-15,17-18H2,1-5H3,(H,29,32). The van der Waals surface area contributed by atoms with Crippen LogP contribution in [0.5, 0.6) is 0 Å². The van der Waals surface area contributed by atoms with E-state index in [1.807, 2.05) is 50.8 Å². The minimum Gasteiger partial charge on any atom is -0.444 e. The second kappa shape index (κ2) is 9.63. The number of amides is 1. The Hall–Kier alpha value is -3.12. The topological polar surface area (TPSA) is 65.6 Å². The molecule has 1 aliphatic rings. The number of carbonyl (C=O) groups is 1. The van der Waals surface area contributed by atoms with Gasteiger partial charge in [0.1, 0.15) is 5.60 Å². The molecule has 1 unspecified atom stereocenters. The smallest absolute Gasteiger partial charge is 0.410 e. The molecule has 1 amide bonds. The molecule has 0 bridgehead atoms. The zero-order valence-corrected chi connectivity index (χ0v) is 20.9. The van der Waals surface area contributed by atoms with Crippen molar-refractivity contribution in [2.24, 2.45) is 0 Å². The lowest BCUT2D eigenvalue weighted by Crippen LogP contribution is -2.40. The zero-order valence-electron chi connectivity index (χ0n) is 20.9. The quantitative estimate of drug-likeness (QED) is 0.557. The Labute approximate surface area is 201 Å². The summed E-state index contributed by atoms with van der Waals surface area (Å²) in [5.41, 5.74) is 3.58. The minimum atomic E-state index is -0.477. The second-order valence-electron chi connectivity index (χ2n) is 10.2. The molecule has 3 aromatic rings. The predicted molar refractivity (Wildman–Crippen MR) is 137 cm³/mol. The highest BCUT2D eigenvalue weighted by Crippen LogP contribution is 2.24. The average molecular weight is 462 g/mol. The SMILES string of the molecule is CCN(Cc1ccc(-c2cc3c(C)cccc3c(=O)[nH]2)cc1)C1CCN(C(=O)OC(C)(C)C)C1. The maximum Gasteiger partial charge on any atom is 0.410 e. The van der Waals surface area contributed by atoms with Gasteiger partial charge < -0.3 is 14.6 Å². The number of aromatic nitrogens is 1. The highest BCUT2D eigenvalue weighted by Gasteiger charge is 2.32. The van der Waals surface area contributed by atoms with Gasteiger partial charge in [0.25, 0.3) is 5.56 Å². The predicted octanol–water partition coefficient (Wildman–Crippen LogP) is 5.33.